The van der Waals surface area contributed by atoms with Gasteiger partial charge in [0.1, 0.15) is 6.61 Å². The second-order valence-electron chi connectivity index (χ2n) is 5.08. The van der Waals surface area contributed by atoms with E-state index in [0.717, 1.165) is 25.7 Å². The van der Waals surface area contributed by atoms with Gasteiger partial charge in [-0.2, -0.15) is 0 Å². The molecule has 6 heteroatoms. The van der Waals surface area contributed by atoms with Gasteiger partial charge >= 0.3 is 5.69 Å². The van der Waals surface area contributed by atoms with Crippen LogP contribution in [0.25, 0.3) is 0 Å². The highest BCUT2D eigenvalue weighted by Crippen LogP contribution is 2.32. The Morgan fingerprint density at radius 2 is 2.05 bits per heavy atom. The summed E-state index contributed by atoms with van der Waals surface area (Å²) in [7, 11) is 0. The van der Waals surface area contributed by atoms with Crippen molar-refractivity contribution in [1.29, 1.82) is 0 Å². The van der Waals surface area contributed by atoms with Crippen LogP contribution >= 0.6 is 11.6 Å². The number of benzene rings is 1. The second-order valence-corrected chi connectivity index (χ2v) is 5.52. The Bertz CT molecular complexity index is 473. The number of nitrogens with zero attached hydrogens (tertiary/aromatic N) is 1. The number of nitro benzene ring substituents is 1. The molecule has 1 aromatic carbocycles. The van der Waals surface area contributed by atoms with E-state index in [1.807, 2.05) is 0 Å². The van der Waals surface area contributed by atoms with E-state index in [4.69, 9.17) is 22.1 Å². The van der Waals surface area contributed by atoms with E-state index in [1.165, 1.54) is 18.6 Å². The fourth-order valence-corrected chi connectivity index (χ4v) is 2.54. The van der Waals surface area contributed by atoms with E-state index in [0.29, 0.717) is 11.6 Å². The molecule has 1 aromatic rings. The first kappa shape index (κ1) is 14.1. The van der Waals surface area contributed by atoms with Gasteiger partial charge in [-0.3, -0.25) is 10.1 Å². The molecular formula is C13H17ClN2O3. The van der Waals surface area contributed by atoms with E-state index in [2.05, 4.69) is 0 Å². The molecule has 0 aliphatic heterocycles. The lowest BCUT2D eigenvalue weighted by Crippen LogP contribution is -2.47. The molecule has 0 heterocycles. The third kappa shape index (κ3) is 3.58. The quantitative estimate of drug-likeness (QED) is 0.680. The normalized spacial score (nSPS) is 18.0. The fraction of sp³-hybridized carbons (Fsp3) is 0.538. The van der Waals surface area contributed by atoms with Crippen molar-refractivity contribution >= 4 is 17.3 Å². The van der Waals surface area contributed by atoms with Crippen molar-refractivity contribution in [2.45, 2.75) is 37.6 Å². The van der Waals surface area contributed by atoms with E-state index < -0.39 is 4.92 Å². The highest BCUT2D eigenvalue weighted by Gasteiger charge is 2.29. The summed E-state index contributed by atoms with van der Waals surface area (Å²) in [5.74, 6) is 0.227. The Morgan fingerprint density at radius 3 is 2.68 bits per heavy atom. The predicted octanol–water partition coefficient (Wildman–Crippen LogP) is 3.29. The van der Waals surface area contributed by atoms with Gasteiger partial charge in [-0.25, -0.2) is 0 Å². The van der Waals surface area contributed by atoms with E-state index in [-0.39, 0.29) is 17.0 Å². The summed E-state index contributed by atoms with van der Waals surface area (Å²) < 4.78 is 5.57. The Hall–Kier alpha value is -1.33. The topological polar surface area (TPSA) is 78.4 Å². The molecule has 0 amide bonds. The lowest BCUT2D eigenvalue weighted by Gasteiger charge is -2.32. The van der Waals surface area contributed by atoms with Gasteiger partial charge in [0.25, 0.3) is 0 Å². The van der Waals surface area contributed by atoms with Gasteiger partial charge in [0, 0.05) is 11.1 Å². The molecule has 104 valence electrons. The lowest BCUT2D eigenvalue weighted by atomic mass is 9.83. The van der Waals surface area contributed by atoms with Crippen LogP contribution in [0, 0.1) is 10.1 Å². The van der Waals surface area contributed by atoms with E-state index >= 15 is 0 Å². The molecule has 0 radical (unpaired) electrons. The molecule has 0 atom stereocenters. The van der Waals surface area contributed by atoms with Crippen molar-refractivity contribution in [2.75, 3.05) is 6.61 Å². The van der Waals surface area contributed by atoms with Gasteiger partial charge in [0.15, 0.2) is 5.75 Å². The molecule has 0 saturated heterocycles. The standard InChI is InChI=1S/C13H17ClN2O3/c14-10-4-5-12(11(8-10)16(17)18)19-9-13(15)6-2-1-3-7-13/h4-5,8H,1-3,6-7,9,15H2. The highest BCUT2D eigenvalue weighted by molar-refractivity contribution is 6.30. The average Bonchev–Trinajstić information content (AvgIpc) is 2.38. The van der Waals surface area contributed by atoms with Crippen molar-refractivity contribution in [3.8, 4) is 5.75 Å². The summed E-state index contributed by atoms with van der Waals surface area (Å²) in [6.07, 6.45) is 5.16. The molecule has 0 bridgehead atoms. The van der Waals surface area contributed by atoms with E-state index in [1.54, 1.807) is 6.07 Å². The Labute approximate surface area is 116 Å². The minimum absolute atomic E-state index is 0.119. The van der Waals surface area contributed by atoms with Gasteiger partial charge in [0.05, 0.1) is 10.5 Å². The van der Waals surface area contributed by atoms with Crippen LogP contribution in [0.1, 0.15) is 32.1 Å². The zero-order chi connectivity index (χ0) is 13.9. The Balaban J connectivity index is 2.08. The first-order chi connectivity index (χ1) is 9.00. The number of hydrogen-bond donors (Lipinski definition) is 1. The maximum Gasteiger partial charge on any atom is 0.312 e. The highest BCUT2D eigenvalue weighted by atomic mass is 35.5. The molecule has 19 heavy (non-hydrogen) atoms. The molecule has 1 saturated carbocycles. The zero-order valence-corrected chi connectivity index (χ0v) is 11.4. The van der Waals surface area contributed by atoms with Gasteiger partial charge < -0.3 is 10.5 Å². The SMILES string of the molecule is NC1(COc2ccc(Cl)cc2[N+](=O)[O-])CCCCC1. The number of hydrogen-bond acceptors (Lipinski definition) is 4. The summed E-state index contributed by atoms with van der Waals surface area (Å²) in [6, 6.07) is 4.39. The molecule has 0 spiro atoms. The number of halogens is 1. The van der Waals surface area contributed by atoms with Gasteiger partial charge in [-0.1, -0.05) is 30.9 Å². The molecule has 1 aliphatic rings. The zero-order valence-electron chi connectivity index (χ0n) is 10.6. The monoisotopic (exact) mass is 284 g/mol. The van der Waals surface area contributed by atoms with Gasteiger partial charge in [-0.15, -0.1) is 0 Å². The molecule has 5 nitrogen and oxygen atoms in total. The Kier molecular flexibility index (Phi) is 4.27. The second kappa shape index (κ2) is 5.75. The summed E-state index contributed by atoms with van der Waals surface area (Å²) in [5, 5.41) is 11.3. The Morgan fingerprint density at radius 1 is 1.37 bits per heavy atom. The third-order valence-corrected chi connectivity index (χ3v) is 3.72. The molecule has 2 rings (SSSR count). The van der Waals surface area contributed by atoms with Crippen molar-refractivity contribution in [1.82, 2.24) is 0 Å². The summed E-state index contributed by atoms with van der Waals surface area (Å²) >= 11 is 5.75. The number of rotatable bonds is 4. The fourth-order valence-electron chi connectivity index (χ4n) is 2.38. The minimum atomic E-state index is -0.495. The molecule has 2 N–H and O–H groups in total. The van der Waals surface area contributed by atoms with Gasteiger partial charge in [-0.05, 0) is 25.0 Å². The van der Waals surface area contributed by atoms with Crippen LogP contribution in [0.2, 0.25) is 5.02 Å². The van der Waals surface area contributed by atoms with Crippen LogP contribution in [-0.2, 0) is 0 Å². The number of ether oxygens (including phenoxy) is 1. The van der Waals surface area contributed by atoms with Gasteiger partial charge in [0.2, 0.25) is 0 Å². The first-order valence-electron chi connectivity index (χ1n) is 6.36. The minimum Gasteiger partial charge on any atom is -0.485 e. The van der Waals surface area contributed by atoms with Crippen molar-refractivity contribution < 1.29 is 9.66 Å². The third-order valence-electron chi connectivity index (χ3n) is 3.48. The van der Waals surface area contributed by atoms with E-state index in [9.17, 15) is 10.1 Å². The van der Waals surface area contributed by atoms with Crippen molar-refractivity contribution in [2.24, 2.45) is 5.73 Å². The maximum atomic E-state index is 10.9. The maximum absolute atomic E-state index is 10.9. The van der Waals surface area contributed by atoms with Crippen molar-refractivity contribution in [3.05, 3.63) is 33.3 Å². The largest absolute Gasteiger partial charge is 0.485 e. The number of nitro groups is 1. The van der Waals surface area contributed by atoms with Crippen LogP contribution in [0.4, 0.5) is 5.69 Å². The number of nitrogens with two attached hydrogens (primary N) is 1. The first-order valence-corrected chi connectivity index (χ1v) is 6.74. The van der Waals surface area contributed by atoms with Crippen LogP contribution in [0.3, 0.4) is 0 Å². The van der Waals surface area contributed by atoms with Crippen LogP contribution in [0.5, 0.6) is 5.75 Å². The molecule has 1 fully saturated rings. The smallest absolute Gasteiger partial charge is 0.312 e. The molecule has 1 aliphatic carbocycles. The molecule has 0 unspecified atom stereocenters. The molecular weight excluding hydrogens is 268 g/mol. The van der Waals surface area contributed by atoms with Crippen LogP contribution in [-0.4, -0.2) is 17.1 Å². The molecule has 0 aromatic heterocycles. The summed E-state index contributed by atoms with van der Waals surface area (Å²) in [4.78, 5) is 10.4. The summed E-state index contributed by atoms with van der Waals surface area (Å²) in [5.41, 5.74) is 5.75. The van der Waals surface area contributed by atoms with Crippen LogP contribution in [0.15, 0.2) is 18.2 Å². The average molecular weight is 285 g/mol. The lowest BCUT2D eigenvalue weighted by molar-refractivity contribution is -0.385. The predicted molar refractivity (Wildman–Crippen MR) is 73.6 cm³/mol. The van der Waals surface area contributed by atoms with Crippen molar-refractivity contribution in [3.63, 3.8) is 0 Å². The summed E-state index contributed by atoms with van der Waals surface area (Å²) in [6.45, 7) is 0.301. The van der Waals surface area contributed by atoms with Crippen LogP contribution < -0.4 is 10.5 Å².